The third kappa shape index (κ3) is 3.41. The van der Waals surface area contributed by atoms with Crippen LogP contribution in [0.5, 0.6) is 0 Å². The highest BCUT2D eigenvalue weighted by atomic mass is 32.2. The van der Waals surface area contributed by atoms with Gasteiger partial charge in [-0.05, 0) is 61.4 Å². The molecule has 0 radical (unpaired) electrons. The average Bonchev–Trinajstić information content (AvgIpc) is 3.33. The highest BCUT2D eigenvalue weighted by Crippen LogP contribution is 2.37. The van der Waals surface area contributed by atoms with Crippen molar-refractivity contribution >= 4 is 27.3 Å². The Balaban J connectivity index is 1.95. The van der Waals surface area contributed by atoms with Crippen molar-refractivity contribution < 1.29 is 17.6 Å². The molecule has 126 valence electrons. The molecule has 2 aromatic carbocycles. The number of rotatable bonds is 5. The largest absolute Gasteiger partial charge is 0.326 e. The Morgan fingerprint density at radius 2 is 1.67 bits per heavy atom. The number of hydrogen-bond donors (Lipinski definition) is 1. The van der Waals surface area contributed by atoms with Gasteiger partial charge in [-0.25, -0.2) is 12.8 Å². The maximum Gasteiger partial charge on any atom is 0.264 e. The van der Waals surface area contributed by atoms with Gasteiger partial charge in [0.1, 0.15) is 5.82 Å². The van der Waals surface area contributed by atoms with Crippen LogP contribution in [0.4, 0.5) is 15.8 Å². The summed E-state index contributed by atoms with van der Waals surface area (Å²) in [7, 11) is -3.76. The van der Waals surface area contributed by atoms with Gasteiger partial charge in [-0.1, -0.05) is 0 Å². The molecule has 0 aromatic heterocycles. The molecule has 0 saturated heterocycles. The topological polar surface area (TPSA) is 66.5 Å². The molecule has 1 N–H and O–H groups in total. The lowest BCUT2D eigenvalue weighted by molar-refractivity contribution is -0.114. The van der Waals surface area contributed by atoms with Crippen molar-refractivity contribution in [2.24, 2.45) is 0 Å². The second kappa shape index (κ2) is 6.24. The van der Waals surface area contributed by atoms with Gasteiger partial charge in [-0.2, -0.15) is 0 Å². The summed E-state index contributed by atoms with van der Waals surface area (Å²) in [4.78, 5) is 11.1. The Morgan fingerprint density at radius 1 is 1.08 bits per heavy atom. The third-order valence-electron chi connectivity index (χ3n) is 3.69. The standard InChI is InChI=1S/C17H17FN2O3S/c1-12(21)19-14-4-6-15(7-5-14)20(16-8-9-16)24(22,23)17-10-2-13(18)3-11-17/h2-7,10-11,16H,8-9H2,1H3,(H,19,21). The second-order valence-corrected chi connectivity index (χ2v) is 7.53. The minimum Gasteiger partial charge on any atom is -0.326 e. The first-order valence-electron chi connectivity index (χ1n) is 7.55. The van der Waals surface area contributed by atoms with Crippen LogP contribution in [0.3, 0.4) is 0 Å². The lowest BCUT2D eigenvalue weighted by Gasteiger charge is -2.24. The maximum atomic E-state index is 13.1. The fourth-order valence-electron chi connectivity index (χ4n) is 2.47. The van der Waals surface area contributed by atoms with Crippen molar-refractivity contribution in [3.63, 3.8) is 0 Å². The lowest BCUT2D eigenvalue weighted by Crippen LogP contribution is -2.33. The summed E-state index contributed by atoms with van der Waals surface area (Å²) in [6.45, 7) is 1.41. The van der Waals surface area contributed by atoms with Crippen LogP contribution in [0.2, 0.25) is 0 Å². The van der Waals surface area contributed by atoms with Crippen LogP contribution in [-0.4, -0.2) is 20.4 Å². The number of anilines is 2. The van der Waals surface area contributed by atoms with E-state index in [0.717, 1.165) is 25.0 Å². The molecule has 1 fully saturated rings. The number of amides is 1. The summed E-state index contributed by atoms with van der Waals surface area (Å²) < 4.78 is 40.3. The first-order chi connectivity index (χ1) is 11.4. The molecule has 1 amide bonds. The summed E-state index contributed by atoms with van der Waals surface area (Å²) in [6, 6.07) is 11.4. The van der Waals surface area contributed by atoms with E-state index >= 15 is 0 Å². The van der Waals surface area contributed by atoms with E-state index in [0.29, 0.717) is 11.4 Å². The monoisotopic (exact) mass is 348 g/mol. The van der Waals surface area contributed by atoms with Crippen LogP contribution in [0.15, 0.2) is 53.4 Å². The lowest BCUT2D eigenvalue weighted by atomic mass is 10.2. The van der Waals surface area contributed by atoms with E-state index in [1.807, 2.05) is 0 Å². The molecule has 7 heteroatoms. The predicted molar refractivity (Wildman–Crippen MR) is 89.8 cm³/mol. The molecule has 3 rings (SSSR count). The Hall–Kier alpha value is -2.41. The van der Waals surface area contributed by atoms with E-state index in [1.54, 1.807) is 24.3 Å². The predicted octanol–water partition coefficient (Wildman–Crippen LogP) is 3.14. The summed E-state index contributed by atoms with van der Waals surface area (Å²) in [6.07, 6.45) is 1.57. The first-order valence-corrected chi connectivity index (χ1v) is 8.99. The van der Waals surface area contributed by atoms with E-state index in [9.17, 15) is 17.6 Å². The molecule has 24 heavy (non-hydrogen) atoms. The van der Waals surface area contributed by atoms with E-state index < -0.39 is 15.8 Å². The number of nitrogens with one attached hydrogen (secondary N) is 1. The van der Waals surface area contributed by atoms with E-state index in [1.165, 1.54) is 23.4 Å². The molecule has 0 atom stereocenters. The van der Waals surface area contributed by atoms with Crippen molar-refractivity contribution in [1.29, 1.82) is 0 Å². The van der Waals surface area contributed by atoms with Crippen LogP contribution >= 0.6 is 0 Å². The number of halogens is 1. The molecule has 0 unspecified atom stereocenters. The van der Waals surface area contributed by atoms with Gasteiger partial charge in [0.2, 0.25) is 5.91 Å². The molecule has 0 bridgehead atoms. The Morgan fingerprint density at radius 3 is 2.17 bits per heavy atom. The minimum absolute atomic E-state index is 0.0572. The molecule has 0 spiro atoms. The Kier molecular flexibility index (Phi) is 4.28. The highest BCUT2D eigenvalue weighted by Gasteiger charge is 2.38. The van der Waals surface area contributed by atoms with Crippen molar-refractivity contribution in [3.05, 3.63) is 54.3 Å². The van der Waals surface area contributed by atoms with Gasteiger partial charge in [0, 0.05) is 18.7 Å². The van der Waals surface area contributed by atoms with Crippen molar-refractivity contribution in [2.75, 3.05) is 9.62 Å². The smallest absolute Gasteiger partial charge is 0.264 e. The highest BCUT2D eigenvalue weighted by molar-refractivity contribution is 7.92. The maximum absolute atomic E-state index is 13.1. The number of carbonyl (C=O) groups excluding carboxylic acids is 1. The molecule has 0 heterocycles. The normalized spacial score (nSPS) is 14.2. The summed E-state index contributed by atoms with van der Waals surface area (Å²) in [5, 5.41) is 2.64. The van der Waals surface area contributed by atoms with Gasteiger partial charge < -0.3 is 5.32 Å². The first kappa shape index (κ1) is 16.4. The van der Waals surface area contributed by atoms with E-state index in [2.05, 4.69) is 5.32 Å². The quantitative estimate of drug-likeness (QED) is 0.903. The van der Waals surface area contributed by atoms with Crippen molar-refractivity contribution in [1.82, 2.24) is 0 Å². The zero-order valence-corrected chi connectivity index (χ0v) is 13.9. The van der Waals surface area contributed by atoms with Gasteiger partial charge in [0.25, 0.3) is 10.0 Å². The number of hydrogen-bond acceptors (Lipinski definition) is 3. The third-order valence-corrected chi connectivity index (χ3v) is 5.59. The summed E-state index contributed by atoms with van der Waals surface area (Å²) in [5.41, 5.74) is 1.12. The van der Waals surface area contributed by atoms with Gasteiger partial charge in [-0.3, -0.25) is 9.10 Å². The van der Waals surface area contributed by atoms with Gasteiger partial charge in [-0.15, -0.1) is 0 Å². The van der Waals surface area contributed by atoms with Crippen LogP contribution in [-0.2, 0) is 14.8 Å². The van der Waals surface area contributed by atoms with E-state index in [-0.39, 0.29) is 16.8 Å². The number of sulfonamides is 1. The van der Waals surface area contributed by atoms with Crippen molar-refractivity contribution in [2.45, 2.75) is 30.7 Å². The SMILES string of the molecule is CC(=O)Nc1ccc(N(C2CC2)S(=O)(=O)c2ccc(F)cc2)cc1. The molecular formula is C17H17FN2O3S. The van der Waals surface area contributed by atoms with E-state index in [4.69, 9.17) is 0 Å². The fourth-order valence-corrected chi connectivity index (χ4v) is 4.18. The second-order valence-electron chi connectivity index (χ2n) is 5.71. The zero-order chi connectivity index (χ0) is 17.3. The number of carbonyl (C=O) groups is 1. The van der Waals surface area contributed by atoms with Crippen LogP contribution < -0.4 is 9.62 Å². The average molecular weight is 348 g/mol. The van der Waals surface area contributed by atoms with Crippen molar-refractivity contribution in [3.8, 4) is 0 Å². The molecule has 0 aliphatic heterocycles. The van der Waals surface area contributed by atoms with Gasteiger partial charge >= 0.3 is 0 Å². The number of benzene rings is 2. The van der Waals surface area contributed by atoms with Crippen LogP contribution in [0.25, 0.3) is 0 Å². The molecule has 1 aliphatic rings. The molecule has 2 aromatic rings. The van der Waals surface area contributed by atoms with Gasteiger partial charge in [0.15, 0.2) is 0 Å². The molecule has 5 nitrogen and oxygen atoms in total. The van der Waals surface area contributed by atoms with Gasteiger partial charge in [0.05, 0.1) is 10.6 Å². The molecular weight excluding hydrogens is 331 g/mol. The summed E-state index contributed by atoms with van der Waals surface area (Å²) >= 11 is 0. The Labute approximate surface area is 140 Å². The molecule has 1 saturated carbocycles. The minimum atomic E-state index is -3.76. The Bertz CT molecular complexity index is 844. The molecule has 1 aliphatic carbocycles. The fraction of sp³-hybridized carbons (Fsp3) is 0.235. The van der Waals surface area contributed by atoms with Crippen LogP contribution in [0.1, 0.15) is 19.8 Å². The zero-order valence-electron chi connectivity index (χ0n) is 13.1. The van der Waals surface area contributed by atoms with Crippen LogP contribution in [0, 0.1) is 5.82 Å². The summed E-state index contributed by atoms with van der Waals surface area (Å²) in [5.74, 6) is -0.674. The number of nitrogens with zero attached hydrogens (tertiary/aromatic N) is 1.